The first-order valence-electron chi connectivity index (χ1n) is 6.44. The van der Waals surface area contributed by atoms with E-state index in [9.17, 15) is 9.59 Å². The molecule has 2 rings (SSSR count). The number of nitrogens with one attached hydrogen (secondary N) is 1. The number of hydrogen-bond acceptors (Lipinski definition) is 4. The lowest BCUT2D eigenvalue weighted by Crippen LogP contribution is -2.40. The third-order valence-electron chi connectivity index (χ3n) is 2.96. The molecule has 1 N–H and O–H groups in total. The highest BCUT2D eigenvalue weighted by Crippen LogP contribution is 2.08. The minimum Gasteiger partial charge on any atom is -0.378 e. The van der Waals surface area contributed by atoms with Gasteiger partial charge in [0.05, 0.1) is 18.1 Å². The SMILES string of the molecule is O=C(NCCCC(=O)N1CCOCC1)c1cccs1. The van der Waals surface area contributed by atoms with Crippen LogP contribution in [-0.2, 0) is 9.53 Å². The van der Waals surface area contributed by atoms with E-state index in [0.717, 1.165) is 0 Å². The second-order valence-corrected chi connectivity index (χ2v) is 5.28. The van der Waals surface area contributed by atoms with Crippen molar-refractivity contribution in [2.24, 2.45) is 0 Å². The van der Waals surface area contributed by atoms with E-state index in [1.54, 1.807) is 6.07 Å². The largest absolute Gasteiger partial charge is 0.378 e. The molecule has 0 atom stereocenters. The van der Waals surface area contributed by atoms with Crippen molar-refractivity contribution in [2.45, 2.75) is 12.8 Å². The molecule has 1 aromatic rings. The molecule has 1 aliphatic rings. The summed E-state index contributed by atoms with van der Waals surface area (Å²) >= 11 is 1.42. The van der Waals surface area contributed by atoms with Gasteiger partial charge in [0.15, 0.2) is 0 Å². The summed E-state index contributed by atoms with van der Waals surface area (Å²) in [6.07, 6.45) is 1.15. The molecule has 0 aliphatic carbocycles. The Morgan fingerprint density at radius 2 is 2.16 bits per heavy atom. The van der Waals surface area contributed by atoms with Crippen molar-refractivity contribution in [1.29, 1.82) is 0 Å². The Bertz CT molecular complexity index is 414. The number of ether oxygens (including phenoxy) is 1. The van der Waals surface area contributed by atoms with Crippen LogP contribution in [0.1, 0.15) is 22.5 Å². The highest BCUT2D eigenvalue weighted by atomic mass is 32.1. The van der Waals surface area contributed by atoms with Crippen LogP contribution in [0.25, 0.3) is 0 Å². The van der Waals surface area contributed by atoms with Gasteiger partial charge in [0.1, 0.15) is 0 Å². The fourth-order valence-electron chi connectivity index (χ4n) is 1.91. The lowest BCUT2D eigenvalue weighted by molar-refractivity contribution is -0.135. The van der Waals surface area contributed by atoms with E-state index in [4.69, 9.17) is 4.74 Å². The van der Waals surface area contributed by atoms with E-state index in [1.165, 1.54) is 11.3 Å². The van der Waals surface area contributed by atoms with Gasteiger partial charge in [-0.15, -0.1) is 11.3 Å². The number of amides is 2. The van der Waals surface area contributed by atoms with Crippen LogP contribution >= 0.6 is 11.3 Å². The van der Waals surface area contributed by atoms with Crippen molar-refractivity contribution in [3.63, 3.8) is 0 Å². The molecule has 0 saturated carbocycles. The van der Waals surface area contributed by atoms with Crippen molar-refractivity contribution in [1.82, 2.24) is 10.2 Å². The highest BCUT2D eigenvalue weighted by Gasteiger charge is 2.16. The van der Waals surface area contributed by atoms with Crippen molar-refractivity contribution >= 4 is 23.2 Å². The van der Waals surface area contributed by atoms with Gasteiger partial charge in [-0.25, -0.2) is 0 Å². The summed E-state index contributed by atoms with van der Waals surface area (Å²) in [7, 11) is 0. The van der Waals surface area contributed by atoms with Crippen molar-refractivity contribution in [2.75, 3.05) is 32.8 Å². The molecule has 1 fully saturated rings. The molecule has 0 aromatic carbocycles. The van der Waals surface area contributed by atoms with Crippen molar-refractivity contribution < 1.29 is 14.3 Å². The number of hydrogen-bond donors (Lipinski definition) is 1. The van der Waals surface area contributed by atoms with Gasteiger partial charge in [0.25, 0.3) is 5.91 Å². The van der Waals surface area contributed by atoms with Crippen LogP contribution in [-0.4, -0.2) is 49.6 Å². The van der Waals surface area contributed by atoms with Crippen LogP contribution in [0.2, 0.25) is 0 Å². The third kappa shape index (κ3) is 4.33. The minimum absolute atomic E-state index is 0.0613. The summed E-state index contributed by atoms with van der Waals surface area (Å²) in [5.74, 6) is 0.0856. The molecule has 0 spiro atoms. The van der Waals surface area contributed by atoms with Gasteiger partial charge in [-0.3, -0.25) is 9.59 Å². The smallest absolute Gasteiger partial charge is 0.261 e. The molecule has 19 heavy (non-hydrogen) atoms. The van der Waals surface area contributed by atoms with Gasteiger partial charge < -0.3 is 15.0 Å². The zero-order chi connectivity index (χ0) is 13.5. The molecule has 5 nitrogen and oxygen atoms in total. The molecule has 0 radical (unpaired) electrons. The number of nitrogens with zero attached hydrogens (tertiary/aromatic N) is 1. The van der Waals surface area contributed by atoms with Crippen LogP contribution in [0.4, 0.5) is 0 Å². The van der Waals surface area contributed by atoms with E-state index in [2.05, 4.69) is 5.32 Å². The average Bonchev–Trinajstić information content (AvgIpc) is 2.98. The Morgan fingerprint density at radius 3 is 2.84 bits per heavy atom. The van der Waals surface area contributed by atoms with Crippen molar-refractivity contribution in [3.05, 3.63) is 22.4 Å². The van der Waals surface area contributed by atoms with Gasteiger partial charge in [-0.1, -0.05) is 6.07 Å². The highest BCUT2D eigenvalue weighted by molar-refractivity contribution is 7.12. The average molecular weight is 282 g/mol. The fraction of sp³-hybridized carbons (Fsp3) is 0.538. The molecule has 6 heteroatoms. The lowest BCUT2D eigenvalue weighted by atomic mass is 10.2. The van der Waals surface area contributed by atoms with Crippen LogP contribution in [0.3, 0.4) is 0 Å². The molecule has 104 valence electrons. The van der Waals surface area contributed by atoms with Gasteiger partial charge in [-0.2, -0.15) is 0 Å². The predicted octanol–water partition coefficient (Wildman–Crippen LogP) is 1.12. The Labute approximate surface area is 116 Å². The Hall–Kier alpha value is -1.40. The monoisotopic (exact) mass is 282 g/mol. The van der Waals surface area contributed by atoms with E-state index < -0.39 is 0 Å². The Balaban J connectivity index is 1.61. The van der Waals surface area contributed by atoms with Crippen molar-refractivity contribution in [3.8, 4) is 0 Å². The fourth-order valence-corrected chi connectivity index (χ4v) is 2.55. The molecular formula is C13H18N2O3S. The predicted molar refractivity (Wildman–Crippen MR) is 73.3 cm³/mol. The number of rotatable bonds is 5. The lowest BCUT2D eigenvalue weighted by Gasteiger charge is -2.26. The molecule has 0 unspecified atom stereocenters. The van der Waals surface area contributed by atoms with E-state index in [0.29, 0.717) is 50.6 Å². The zero-order valence-electron chi connectivity index (χ0n) is 10.8. The van der Waals surface area contributed by atoms with Crippen LogP contribution in [0.5, 0.6) is 0 Å². The normalized spacial score (nSPS) is 15.3. The first-order valence-corrected chi connectivity index (χ1v) is 7.32. The summed E-state index contributed by atoms with van der Waals surface area (Å²) in [5, 5.41) is 4.69. The zero-order valence-corrected chi connectivity index (χ0v) is 11.6. The maximum absolute atomic E-state index is 11.8. The van der Waals surface area contributed by atoms with Gasteiger partial charge >= 0.3 is 0 Å². The standard InChI is InChI=1S/C13H18N2O3S/c16-12(15-6-8-18-9-7-15)4-1-5-14-13(17)11-3-2-10-19-11/h2-3,10H,1,4-9H2,(H,14,17). The van der Waals surface area contributed by atoms with Crippen LogP contribution in [0.15, 0.2) is 17.5 Å². The number of thiophene rings is 1. The van der Waals surface area contributed by atoms with Crippen LogP contribution < -0.4 is 5.32 Å². The van der Waals surface area contributed by atoms with E-state index >= 15 is 0 Å². The molecule has 1 aromatic heterocycles. The molecular weight excluding hydrogens is 264 g/mol. The number of carbonyl (C=O) groups excluding carboxylic acids is 2. The minimum atomic E-state index is -0.0613. The quantitative estimate of drug-likeness (QED) is 0.823. The number of carbonyl (C=O) groups is 2. The summed E-state index contributed by atoms with van der Waals surface area (Å²) in [6, 6.07) is 3.64. The Kier molecular flexibility index (Phi) is 5.35. The first kappa shape index (κ1) is 14.0. The maximum atomic E-state index is 11.8. The molecule has 2 amide bonds. The van der Waals surface area contributed by atoms with Gasteiger partial charge in [-0.05, 0) is 17.9 Å². The summed E-state index contributed by atoms with van der Waals surface area (Å²) in [4.78, 5) is 26.0. The molecule has 0 bridgehead atoms. The Morgan fingerprint density at radius 1 is 1.37 bits per heavy atom. The van der Waals surface area contributed by atoms with Gasteiger partial charge in [0.2, 0.25) is 5.91 Å². The van der Waals surface area contributed by atoms with Crippen LogP contribution in [0, 0.1) is 0 Å². The van der Waals surface area contributed by atoms with E-state index in [-0.39, 0.29) is 11.8 Å². The summed E-state index contributed by atoms with van der Waals surface area (Å²) in [5.41, 5.74) is 0. The second kappa shape index (κ2) is 7.25. The first-order chi connectivity index (χ1) is 9.27. The summed E-state index contributed by atoms with van der Waals surface area (Å²) < 4.78 is 5.20. The van der Waals surface area contributed by atoms with Gasteiger partial charge in [0, 0.05) is 26.1 Å². The third-order valence-corrected chi connectivity index (χ3v) is 3.83. The molecule has 1 aliphatic heterocycles. The molecule has 2 heterocycles. The topological polar surface area (TPSA) is 58.6 Å². The molecule has 1 saturated heterocycles. The number of morpholine rings is 1. The summed E-state index contributed by atoms with van der Waals surface area (Å²) in [6.45, 7) is 3.15. The maximum Gasteiger partial charge on any atom is 0.261 e. The second-order valence-electron chi connectivity index (χ2n) is 4.33. The van der Waals surface area contributed by atoms with E-state index in [1.807, 2.05) is 16.3 Å².